The van der Waals surface area contributed by atoms with Gasteiger partial charge < -0.3 is 10.2 Å². The van der Waals surface area contributed by atoms with Gasteiger partial charge in [0.05, 0.1) is 5.52 Å². The van der Waals surface area contributed by atoms with Gasteiger partial charge in [0.15, 0.2) is 0 Å². The second-order valence-corrected chi connectivity index (χ2v) is 6.68. The topological polar surface area (TPSA) is 28.2 Å². The van der Waals surface area contributed by atoms with Crippen molar-refractivity contribution in [3.63, 3.8) is 0 Å². The lowest BCUT2D eigenvalue weighted by molar-refractivity contribution is 0.308. The standard InChI is InChI=1S/C19H27N3/c1-5-20-11-16-15-8-6-7-14(13(2)3)19(15)21-18-9-10-22(4)12-17(16)18/h6-8,13,20H,5,9-12H2,1-4H3. The smallest absolute Gasteiger partial charge is 0.0743 e. The van der Waals surface area contributed by atoms with Gasteiger partial charge in [0, 0.05) is 37.1 Å². The number of aromatic nitrogens is 1. The van der Waals surface area contributed by atoms with Crippen LogP contribution in [0.3, 0.4) is 0 Å². The van der Waals surface area contributed by atoms with Gasteiger partial charge in [-0.15, -0.1) is 0 Å². The first-order valence-electron chi connectivity index (χ1n) is 8.44. The molecule has 0 saturated heterocycles. The molecule has 2 aromatic rings. The third-order valence-corrected chi connectivity index (χ3v) is 4.68. The van der Waals surface area contributed by atoms with Crippen LogP contribution in [-0.2, 0) is 19.5 Å². The van der Waals surface area contributed by atoms with Crippen molar-refractivity contribution in [3.8, 4) is 0 Å². The first-order chi connectivity index (χ1) is 10.6. The Kier molecular flexibility index (Phi) is 4.46. The summed E-state index contributed by atoms with van der Waals surface area (Å²) in [4.78, 5) is 7.49. The van der Waals surface area contributed by atoms with E-state index < -0.39 is 0 Å². The fraction of sp³-hybridized carbons (Fsp3) is 0.526. The van der Waals surface area contributed by atoms with Crippen LogP contribution in [0.2, 0.25) is 0 Å². The molecule has 22 heavy (non-hydrogen) atoms. The van der Waals surface area contributed by atoms with E-state index in [1.54, 1.807) is 0 Å². The second kappa shape index (κ2) is 6.35. The Balaban J connectivity index is 2.24. The summed E-state index contributed by atoms with van der Waals surface area (Å²) in [7, 11) is 2.20. The van der Waals surface area contributed by atoms with Crippen molar-refractivity contribution in [2.24, 2.45) is 0 Å². The first-order valence-corrected chi connectivity index (χ1v) is 8.44. The molecule has 1 aromatic carbocycles. The van der Waals surface area contributed by atoms with E-state index in [0.717, 1.165) is 32.6 Å². The lowest BCUT2D eigenvalue weighted by Crippen LogP contribution is -2.29. The lowest BCUT2D eigenvalue weighted by atomic mass is 9.92. The minimum absolute atomic E-state index is 0.507. The molecule has 1 aliphatic rings. The molecule has 0 saturated carbocycles. The number of hydrogen-bond donors (Lipinski definition) is 1. The van der Waals surface area contributed by atoms with Gasteiger partial charge in [0.2, 0.25) is 0 Å². The van der Waals surface area contributed by atoms with Crippen molar-refractivity contribution in [1.29, 1.82) is 0 Å². The molecule has 118 valence electrons. The average molecular weight is 297 g/mol. The second-order valence-electron chi connectivity index (χ2n) is 6.68. The maximum Gasteiger partial charge on any atom is 0.0743 e. The molecule has 2 heterocycles. The number of likely N-dealkylation sites (N-methyl/N-ethyl adjacent to an activating group) is 1. The summed E-state index contributed by atoms with van der Waals surface area (Å²) in [6.07, 6.45) is 1.06. The summed E-state index contributed by atoms with van der Waals surface area (Å²) in [5.74, 6) is 0.507. The van der Waals surface area contributed by atoms with E-state index in [2.05, 4.69) is 56.2 Å². The lowest BCUT2D eigenvalue weighted by Gasteiger charge is -2.28. The zero-order valence-electron chi connectivity index (χ0n) is 14.2. The van der Waals surface area contributed by atoms with Crippen LogP contribution in [0, 0.1) is 0 Å². The molecule has 0 bridgehead atoms. The molecule has 3 heteroatoms. The predicted molar refractivity (Wildman–Crippen MR) is 93.3 cm³/mol. The maximum atomic E-state index is 5.09. The highest BCUT2D eigenvalue weighted by atomic mass is 15.1. The molecule has 0 atom stereocenters. The molecule has 1 N–H and O–H groups in total. The Morgan fingerprint density at radius 2 is 2.14 bits per heavy atom. The highest BCUT2D eigenvalue weighted by Crippen LogP contribution is 2.31. The molecule has 0 aliphatic carbocycles. The van der Waals surface area contributed by atoms with E-state index in [9.17, 15) is 0 Å². The van der Waals surface area contributed by atoms with Crippen LogP contribution >= 0.6 is 0 Å². The van der Waals surface area contributed by atoms with Crippen molar-refractivity contribution in [2.75, 3.05) is 20.1 Å². The summed E-state index contributed by atoms with van der Waals surface area (Å²) in [6.45, 7) is 10.7. The third kappa shape index (κ3) is 2.75. The first kappa shape index (κ1) is 15.4. The molecule has 1 aliphatic heterocycles. The molecule has 1 aromatic heterocycles. The van der Waals surface area contributed by atoms with Crippen molar-refractivity contribution < 1.29 is 0 Å². The van der Waals surface area contributed by atoms with Gasteiger partial charge in [-0.25, -0.2) is 0 Å². The van der Waals surface area contributed by atoms with E-state index in [1.807, 2.05) is 0 Å². The van der Waals surface area contributed by atoms with Crippen LogP contribution in [0.15, 0.2) is 18.2 Å². The summed E-state index contributed by atoms with van der Waals surface area (Å²) in [5, 5.41) is 4.86. The van der Waals surface area contributed by atoms with Gasteiger partial charge in [-0.2, -0.15) is 0 Å². The van der Waals surface area contributed by atoms with Gasteiger partial charge in [0.1, 0.15) is 0 Å². The number of pyridine rings is 1. The minimum Gasteiger partial charge on any atom is -0.313 e. The summed E-state index contributed by atoms with van der Waals surface area (Å²) in [5.41, 5.74) is 6.80. The Morgan fingerprint density at radius 3 is 2.86 bits per heavy atom. The van der Waals surface area contributed by atoms with E-state index in [-0.39, 0.29) is 0 Å². The van der Waals surface area contributed by atoms with Gasteiger partial charge >= 0.3 is 0 Å². The Morgan fingerprint density at radius 1 is 1.32 bits per heavy atom. The average Bonchev–Trinajstić information content (AvgIpc) is 2.51. The highest BCUT2D eigenvalue weighted by molar-refractivity contribution is 5.87. The van der Waals surface area contributed by atoms with E-state index in [4.69, 9.17) is 4.98 Å². The molecule has 0 fully saturated rings. The molecule has 3 rings (SSSR count). The molecular formula is C19H27N3. The fourth-order valence-corrected chi connectivity index (χ4v) is 3.43. The monoisotopic (exact) mass is 297 g/mol. The van der Waals surface area contributed by atoms with E-state index >= 15 is 0 Å². The quantitative estimate of drug-likeness (QED) is 0.937. The van der Waals surface area contributed by atoms with E-state index in [1.165, 1.54) is 33.3 Å². The van der Waals surface area contributed by atoms with Crippen LogP contribution in [0.25, 0.3) is 10.9 Å². The van der Waals surface area contributed by atoms with Crippen molar-refractivity contribution >= 4 is 10.9 Å². The van der Waals surface area contributed by atoms with Crippen molar-refractivity contribution in [3.05, 3.63) is 40.6 Å². The SMILES string of the molecule is CCNCc1c2c(nc3c(C(C)C)cccc13)CCN(C)C2. The van der Waals surface area contributed by atoms with Crippen molar-refractivity contribution in [2.45, 2.75) is 46.2 Å². The maximum absolute atomic E-state index is 5.09. The summed E-state index contributed by atoms with van der Waals surface area (Å²) in [6, 6.07) is 6.67. The van der Waals surface area contributed by atoms with E-state index in [0.29, 0.717) is 5.92 Å². The number of fused-ring (bicyclic) bond motifs is 2. The van der Waals surface area contributed by atoms with Gasteiger partial charge in [-0.1, -0.05) is 39.0 Å². The fourth-order valence-electron chi connectivity index (χ4n) is 3.43. The van der Waals surface area contributed by atoms with Crippen LogP contribution in [0.4, 0.5) is 0 Å². The van der Waals surface area contributed by atoms with Gasteiger partial charge in [-0.05, 0) is 36.2 Å². The normalized spacial score (nSPS) is 15.5. The van der Waals surface area contributed by atoms with Gasteiger partial charge in [-0.3, -0.25) is 4.98 Å². The van der Waals surface area contributed by atoms with Crippen LogP contribution in [0.1, 0.15) is 49.1 Å². The zero-order valence-corrected chi connectivity index (χ0v) is 14.2. The molecule has 3 nitrogen and oxygen atoms in total. The number of nitrogens with zero attached hydrogens (tertiary/aromatic N) is 2. The van der Waals surface area contributed by atoms with Crippen LogP contribution in [-0.4, -0.2) is 30.0 Å². The Labute approximate surface area is 133 Å². The molecule has 0 radical (unpaired) electrons. The van der Waals surface area contributed by atoms with Crippen molar-refractivity contribution in [1.82, 2.24) is 15.2 Å². The minimum atomic E-state index is 0.507. The number of rotatable bonds is 4. The zero-order chi connectivity index (χ0) is 15.7. The summed E-state index contributed by atoms with van der Waals surface area (Å²) >= 11 is 0. The Bertz CT molecular complexity index is 676. The molecule has 0 unspecified atom stereocenters. The largest absolute Gasteiger partial charge is 0.313 e. The third-order valence-electron chi connectivity index (χ3n) is 4.68. The van der Waals surface area contributed by atoms with Crippen LogP contribution in [0.5, 0.6) is 0 Å². The molecular weight excluding hydrogens is 270 g/mol. The van der Waals surface area contributed by atoms with Gasteiger partial charge in [0.25, 0.3) is 0 Å². The number of para-hydroxylation sites is 1. The summed E-state index contributed by atoms with van der Waals surface area (Å²) < 4.78 is 0. The molecule has 0 spiro atoms. The van der Waals surface area contributed by atoms with Crippen LogP contribution < -0.4 is 5.32 Å². The Hall–Kier alpha value is -1.45. The predicted octanol–water partition coefficient (Wildman–Crippen LogP) is 3.46. The number of benzene rings is 1. The highest BCUT2D eigenvalue weighted by Gasteiger charge is 2.21. The number of nitrogens with one attached hydrogen (secondary N) is 1. The molecule has 0 amide bonds. The number of hydrogen-bond acceptors (Lipinski definition) is 3.